The van der Waals surface area contributed by atoms with E-state index in [1.165, 1.54) is 25.7 Å². The zero-order valence-electron chi connectivity index (χ0n) is 13.4. The molecule has 1 aromatic heterocycles. The molecule has 2 aliphatic rings. The van der Waals surface area contributed by atoms with Crippen LogP contribution in [0.3, 0.4) is 0 Å². The Hall–Kier alpha value is -0.990. The number of hydrogen-bond acceptors (Lipinski definition) is 2. The maximum absolute atomic E-state index is 4.69. The summed E-state index contributed by atoms with van der Waals surface area (Å²) in [6, 6.07) is 0.584. The van der Waals surface area contributed by atoms with Crippen LogP contribution < -0.4 is 5.32 Å². The van der Waals surface area contributed by atoms with Gasteiger partial charge in [0.1, 0.15) is 0 Å². The van der Waals surface area contributed by atoms with Gasteiger partial charge >= 0.3 is 0 Å². The molecule has 0 saturated heterocycles. The lowest BCUT2D eigenvalue weighted by Gasteiger charge is -2.30. The summed E-state index contributed by atoms with van der Waals surface area (Å²) < 4.78 is 2.41. The molecular weight excluding hydrogens is 246 g/mol. The highest BCUT2D eigenvalue weighted by Gasteiger charge is 2.42. The van der Waals surface area contributed by atoms with E-state index in [0.29, 0.717) is 12.0 Å². The van der Waals surface area contributed by atoms with Gasteiger partial charge in [-0.1, -0.05) is 20.3 Å². The minimum absolute atomic E-state index is 0.584. The van der Waals surface area contributed by atoms with Gasteiger partial charge in [0.25, 0.3) is 0 Å². The van der Waals surface area contributed by atoms with E-state index in [2.05, 4.69) is 48.8 Å². The summed E-state index contributed by atoms with van der Waals surface area (Å²) in [5.74, 6) is 4.58. The van der Waals surface area contributed by atoms with Crippen molar-refractivity contribution in [1.82, 2.24) is 9.55 Å². The van der Waals surface area contributed by atoms with Crippen LogP contribution >= 0.6 is 0 Å². The lowest BCUT2D eigenvalue weighted by atomic mass is 9.84. The first-order chi connectivity index (χ1) is 9.54. The van der Waals surface area contributed by atoms with Gasteiger partial charge in [-0.05, 0) is 56.8 Å². The molecule has 0 radical (unpaired) electrons. The lowest BCUT2D eigenvalue weighted by Crippen LogP contribution is -2.23. The number of nitrogens with one attached hydrogen (secondary N) is 1. The van der Waals surface area contributed by atoms with Crippen molar-refractivity contribution in [3.8, 4) is 0 Å². The van der Waals surface area contributed by atoms with Gasteiger partial charge in [-0.2, -0.15) is 0 Å². The molecule has 2 saturated carbocycles. The predicted octanol–water partition coefficient (Wildman–Crippen LogP) is 4.26. The Morgan fingerprint density at radius 2 is 2.10 bits per heavy atom. The fourth-order valence-electron chi connectivity index (χ4n) is 4.34. The minimum atomic E-state index is 0.584. The van der Waals surface area contributed by atoms with Crippen molar-refractivity contribution in [2.75, 3.05) is 11.9 Å². The standard InChI is InChI=1S/C17H29N3/c1-11(2)9-18-17-19-12(3)10-20(17)13(4)16-8-14-5-6-15(16)7-14/h10-11,13-16H,5-9H2,1-4H3,(H,18,19). The Balaban J connectivity index is 1.75. The van der Waals surface area contributed by atoms with Crippen LogP contribution in [0.2, 0.25) is 0 Å². The van der Waals surface area contributed by atoms with Crippen LogP contribution in [0, 0.1) is 30.6 Å². The fraction of sp³-hybridized carbons (Fsp3) is 0.824. The second-order valence-corrected chi connectivity index (χ2v) is 7.47. The van der Waals surface area contributed by atoms with E-state index >= 15 is 0 Å². The second kappa shape index (κ2) is 5.42. The van der Waals surface area contributed by atoms with E-state index < -0.39 is 0 Å². The van der Waals surface area contributed by atoms with Gasteiger partial charge in [0.2, 0.25) is 5.95 Å². The molecule has 3 rings (SSSR count). The van der Waals surface area contributed by atoms with E-state index in [9.17, 15) is 0 Å². The molecule has 1 heterocycles. The molecule has 0 spiro atoms. The maximum atomic E-state index is 4.69. The fourth-order valence-corrected chi connectivity index (χ4v) is 4.34. The number of aromatic nitrogens is 2. The van der Waals surface area contributed by atoms with E-state index in [1.54, 1.807) is 0 Å². The van der Waals surface area contributed by atoms with E-state index in [0.717, 1.165) is 35.9 Å². The summed E-state index contributed by atoms with van der Waals surface area (Å²) in [6.45, 7) is 9.98. The smallest absolute Gasteiger partial charge is 0.203 e. The Bertz CT molecular complexity index is 463. The number of fused-ring (bicyclic) bond motifs is 2. The summed E-state index contributed by atoms with van der Waals surface area (Å²) in [7, 11) is 0. The SMILES string of the molecule is Cc1cn(C(C)C2CC3CCC2C3)c(NCC(C)C)n1. The van der Waals surface area contributed by atoms with Gasteiger partial charge in [-0.25, -0.2) is 4.98 Å². The highest BCUT2D eigenvalue weighted by Crippen LogP contribution is 2.52. The molecule has 4 unspecified atom stereocenters. The quantitative estimate of drug-likeness (QED) is 0.870. The van der Waals surface area contributed by atoms with Gasteiger partial charge in [0.05, 0.1) is 5.69 Å². The summed E-state index contributed by atoms with van der Waals surface area (Å²) >= 11 is 0. The Morgan fingerprint density at radius 1 is 1.30 bits per heavy atom. The van der Waals surface area contributed by atoms with Crippen molar-refractivity contribution < 1.29 is 0 Å². The molecule has 1 N–H and O–H groups in total. The summed E-state index contributed by atoms with van der Waals surface area (Å²) in [4.78, 5) is 4.69. The minimum Gasteiger partial charge on any atom is -0.355 e. The van der Waals surface area contributed by atoms with Crippen molar-refractivity contribution >= 4 is 5.95 Å². The van der Waals surface area contributed by atoms with Crippen molar-refractivity contribution in [2.24, 2.45) is 23.7 Å². The molecule has 3 nitrogen and oxygen atoms in total. The van der Waals surface area contributed by atoms with Crippen LogP contribution in [-0.2, 0) is 0 Å². The molecule has 2 aliphatic carbocycles. The molecular formula is C17H29N3. The number of anilines is 1. The molecule has 2 fully saturated rings. The molecule has 3 heteroatoms. The zero-order chi connectivity index (χ0) is 14.3. The number of nitrogens with zero attached hydrogens (tertiary/aromatic N) is 2. The first-order valence-electron chi connectivity index (χ1n) is 8.34. The largest absolute Gasteiger partial charge is 0.355 e. The number of hydrogen-bond donors (Lipinski definition) is 1. The van der Waals surface area contributed by atoms with Crippen LogP contribution in [0.5, 0.6) is 0 Å². The number of aryl methyl sites for hydroxylation is 1. The van der Waals surface area contributed by atoms with Crippen LogP contribution in [0.4, 0.5) is 5.95 Å². The molecule has 0 aromatic carbocycles. The maximum Gasteiger partial charge on any atom is 0.203 e. The number of imidazole rings is 1. The van der Waals surface area contributed by atoms with Crippen LogP contribution in [0.15, 0.2) is 6.20 Å². The molecule has 0 amide bonds. The Morgan fingerprint density at radius 3 is 2.70 bits per heavy atom. The highest BCUT2D eigenvalue weighted by molar-refractivity contribution is 5.30. The first kappa shape index (κ1) is 14.0. The molecule has 20 heavy (non-hydrogen) atoms. The second-order valence-electron chi connectivity index (χ2n) is 7.47. The van der Waals surface area contributed by atoms with Crippen molar-refractivity contribution in [2.45, 2.75) is 59.4 Å². The van der Waals surface area contributed by atoms with Crippen LogP contribution in [0.1, 0.15) is 58.2 Å². The van der Waals surface area contributed by atoms with Gasteiger partial charge < -0.3 is 9.88 Å². The van der Waals surface area contributed by atoms with Gasteiger partial charge in [-0.15, -0.1) is 0 Å². The van der Waals surface area contributed by atoms with Crippen molar-refractivity contribution in [1.29, 1.82) is 0 Å². The van der Waals surface area contributed by atoms with Crippen molar-refractivity contribution in [3.63, 3.8) is 0 Å². The van der Waals surface area contributed by atoms with Crippen LogP contribution in [0.25, 0.3) is 0 Å². The molecule has 1 aromatic rings. The van der Waals surface area contributed by atoms with E-state index in [1.807, 2.05) is 0 Å². The van der Waals surface area contributed by atoms with Gasteiger partial charge in [0.15, 0.2) is 0 Å². The average Bonchev–Trinajstić information content (AvgIpc) is 3.09. The topological polar surface area (TPSA) is 29.9 Å². The summed E-state index contributed by atoms with van der Waals surface area (Å²) in [5, 5.41) is 3.53. The highest BCUT2D eigenvalue weighted by atomic mass is 15.2. The van der Waals surface area contributed by atoms with Crippen LogP contribution in [-0.4, -0.2) is 16.1 Å². The molecule has 4 atom stereocenters. The van der Waals surface area contributed by atoms with E-state index in [4.69, 9.17) is 0 Å². The molecule has 0 aliphatic heterocycles. The first-order valence-corrected chi connectivity index (χ1v) is 8.34. The zero-order valence-corrected chi connectivity index (χ0v) is 13.4. The van der Waals surface area contributed by atoms with Gasteiger partial charge in [-0.3, -0.25) is 0 Å². The summed E-state index contributed by atoms with van der Waals surface area (Å²) in [5.41, 5.74) is 1.13. The summed E-state index contributed by atoms with van der Waals surface area (Å²) in [6.07, 6.45) is 8.10. The third-order valence-corrected chi connectivity index (χ3v) is 5.37. The monoisotopic (exact) mass is 275 g/mol. The number of rotatable bonds is 5. The third-order valence-electron chi connectivity index (χ3n) is 5.37. The van der Waals surface area contributed by atoms with E-state index in [-0.39, 0.29) is 0 Å². The predicted molar refractivity (Wildman–Crippen MR) is 83.9 cm³/mol. The molecule has 112 valence electrons. The van der Waals surface area contributed by atoms with Crippen molar-refractivity contribution in [3.05, 3.63) is 11.9 Å². The average molecular weight is 275 g/mol. The third kappa shape index (κ3) is 2.59. The molecule has 2 bridgehead atoms. The normalized spacial score (nSPS) is 30.1. The Labute approximate surface area is 123 Å². The lowest BCUT2D eigenvalue weighted by molar-refractivity contribution is 0.244. The van der Waals surface area contributed by atoms with Gasteiger partial charge in [0, 0.05) is 18.8 Å². The Kier molecular flexibility index (Phi) is 3.78.